The SMILES string of the molecule is C[C@H](OC(=O)[C@@H]1Cc2ccccc2CN1S(C)(=O)=O)C(=O)Nc1ccccc1. The Hall–Kier alpha value is -2.71. The summed E-state index contributed by atoms with van der Waals surface area (Å²) in [6, 6.07) is 15.2. The molecule has 0 bridgehead atoms. The van der Waals surface area contributed by atoms with E-state index in [0.717, 1.165) is 21.7 Å². The molecule has 3 rings (SSSR count). The summed E-state index contributed by atoms with van der Waals surface area (Å²) < 4.78 is 30.9. The van der Waals surface area contributed by atoms with Gasteiger partial charge in [-0.1, -0.05) is 42.5 Å². The Morgan fingerprint density at radius 3 is 2.32 bits per heavy atom. The lowest BCUT2D eigenvalue weighted by Crippen LogP contribution is -2.50. The highest BCUT2D eigenvalue weighted by atomic mass is 32.2. The van der Waals surface area contributed by atoms with E-state index in [9.17, 15) is 18.0 Å². The number of amides is 1. The van der Waals surface area contributed by atoms with Gasteiger partial charge in [-0.3, -0.25) is 9.59 Å². The molecule has 0 saturated heterocycles. The molecule has 2 atom stereocenters. The van der Waals surface area contributed by atoms with Crippen LogP contribution >= 0.6 is 0 Å². The number of anilines is 1. The van der Waals surface area contributed by atoms with E-state index in [1.54, 1.807) is 24.3 Å². The molecule has 0 fully saturated rings. The van der Waals surface area contributed by atoms with Crippen molar-refractivity contribution in [1.29, 1.82) is 0 Å². The number of benzene rings is 2. The zero-order valence-electron chi connectivity index (χ0n) is 15.7. The number of carbonyl (C=O) groups excluding carboxylic acids is 2. The smallest absolute Gasteiger partial charge is 0.325 e. The number of esters is 1. The lowest BCUT2D eigenvalue weighted by atomic mass is 9.96. The van der Waals surface area contributed by atoms with Crippen LogP contribution in [-0.2, 0) is 37.3 Å². The molecule has 2 aromatic rings. The Morgan fingerprint density at radius 2 is 1.68 bits per heavy atom. The summed E-state index contributed by atoms with van der Waals surface area (Å²) in [6.07, 6.45) is 0.202. The molecule has 1 amide bonds. The van der Waals surface area contributed by atoms with Gasteiger partial charge in [0.05, 0.1) is 6.26 Å². The molecule has 0 aliphatic carbocycles. The van der Waals surface area contributed by atoms with Crippen molar-refractivity contribution in [3.63, 3.8) is 0 Å². The van der Waals surface area contributed by atoms with E-state index in [2.05, 4.69) is 5.32 Å². The van der Waals surface area contributed by atoms with Crippen molar-refractivity contribution in [2.24, 2.45) is 0 Å². The molecule has 0 spiro atoms. The number of fused-ring (bicyclic) bond motifs is 1. The highest BCUT2D eigenvalue weighted by molar-refractivity contribution is 7.88. The van der Waals surface area contributed by atoms with E-state index in [1.165, 1.54) is 6.92 Å². The fourth-order valence-electron chi connectivity index (χ4n) is 3.12. The van der Waals surface area contributed by atoms with E-state index in [1.807, 2.05) is 30.3 Å². The fraction of sp³-hybridized carbons (Fsp3) is 0.300. The number of nitrogens with zero attached hydrogens (tertiary/aromatic N) is 1. The maximum absolute atomic E-state index is 12.7. The van der Waals surface area contributed by atoms with Crippen LogP contribution in [0.2, 0.25) is 0 Å². The van der Waals surface area contributed by atoms with Crippen molar-refractivity contribution in [2.75, 3.05) is 11.6 Å². The highest BCUT2D eigenvalue weighted by Gasteiger charge is 2.38. The molecular formula is C20H22N2O5S. The number of sulfonamides is 1. The summed E-state index contributed by atoms with van der Waals surface area (Å²) in [7, 11) is -3.64. The standard InChI is InChI=1S/C20H22N2O5S/c1-14(19(23)21-17-10-4-3-5-11-17)27-20(24)18-12-15-8-6-7-9-16(15)13-22(18)28(2,25)26/h3-11,14,18H,12-13H2,1-2H3,(H,21,23)/t14-,18-/m0/s1. The largest absolute Gasteiger partial charge is 0.451 e. The second-order valence-electron chi connectivity index (χ2n) is 6.73. The van der Waals surface area contributed by atoms with E-state index in [0.29, 0.717) is 5.69 Å². The zero-order valence-corrected chi connectivity index (χ0v) is 16.5. The third-order valence-corrected chi connectivity index (χ3v) is 5.84. The quantitative estimate of drug-likeness (QED) is 0.772. The van der Waals surface area contributed by atoms with Crippen LogP contribution in [-0.4, -0.2) is 43.0 Å². The fourth-order valence-corrected chi connectivity index (χ4v) is 4.12. The Kier molecular flexibility index (Phi) is 5.81. The first-order valence-electron chi connectivity index (χ1n) is 8.85. The minimum absolute atomic E-state index is 0.0966. The summed E-state index contributed by atoms with van der Waals surface area (Å²) in [5, 5.41) is 2.66. The molecule has 1 N–H and O–H groups in total. The van der Waals surface area contributed by atoms with E-state index >= 15 is 0 Å². The van der Waals surface area contributed by atoms with Crippen LogP contribution in [0, 0.1) is 0 Å². The first-order chi connectivity index (χ1) is 13.3. The van der Waals surface area contributed by atoms with Crippen LogP contribution in [0.5, 0.6) is 0 Å². The van der Waals surface area contributed by atoms with Crippen LogP contribution in [0.4, 0.5) is 5.69 Å². The van der Waals surface area contributed by atoms with E-state index in [-0.39, 0.29) is 13.0 Å². The normalized spacial score (nSPS) is 18.0. The molecule has 28 heavy (non-hydrogen) atoms. The molecule has 2 aromatic carbocycles. The number of carbonyl (C=O) groups is 2. The summed E-state index contributed by atoms with van der Waals surface area (Å²) in [5.41, 5.74) is 2.33. The molecule has 7 nitrogen and oxygen atoms in total. The van der Waals surface area contributed by atoms with Crippen LogP contribution in [0.3, 0.4) is 0 Å². The van der Waals surface area contributed by atoms with Crippen LogP contribution in [0.15, 0.2) is 54.6 Å². The van der Waals surface area contributed by atoms with Gasteiger partial charge in [-0.2, -0.15) is 4.31 Å². The lowest BCUT2D eigenvalue weighted by Gasteiger charge is -2.33. The molecule has 0 unspecified atom stereocenters. The molecule has 8 heteroatoms. The number of nitrogens with one attached hydrogen (secondary N) is 1. The maximum atomic E-state index is 12.7. The van der Waals surface area contributed by atoms with Gasteiger partial charge in [-0.05, 0) is 30.2 Å². The third-order valence-electron chi connectivity index (χ3n) is 4.61. The monoisotopic (exact) mass is 402 g/mol. The van der Waals surface area contributed by atoms with Gasteiger partial charge in [-0.15, -0.1) is 0 Å². The average Bonchev–Trinajstić information content (AvgIpc) is 2.67. The predicted octanol–water partition coefficient (Wildman–Crippen LogP) is 1.94. The Balaban J connectivity index is 1.73. The van der Waals surface area contributed by atoms with Gasteiger partial charge >= 0.3 is 5.97 Å². The minimum Gasteiger partial charge on any atom is -0.451 e. The van der Waals surface area contributed by atoms with Gasteiger partial charge < -0.3 is 10.1 Å². The Labute approximate surface area is 164 Å². The first-order valence-corrected chi connectivity index (χ1v) is 10.7. The average molecular weight is 402 g/mol. The highest BCUT2D eigenvalue weighted by Crippen LogP contribution is 2.26. The molecule has 148 valence electrons. The molecular weight excluding hydrogens is 380 g/mol. The van der Waals surface area contributed by atoms with Crippen molar-refractivity contribution >= 4 is 27.6 Å². The number of rotatable bonds is 5. The van der Waals surface area contributed by atoms with Crippen molar-refractivity contribution in [3.05, 3.63) is 65.7 Å². The number of ether oxygens (including phenoxy) is 1. The topological polar surface area (TPSA) is 92.8 Å². The van der Waals surface area contributed by atoms with Crippen molar-refractivity contribution < 1.29 is 22.7 Å². The van der Waals surface area contributed by atoms with Crippen LogP contribution in [0.1, 0.15) is 18.1 Å². The number of para-hydroxylation sites is 1. The van der Waals surface area contributed by atoms with Crippen molar-refractivity contribution in [1.82, 2.24) is 4.31 Å². The predicted molar refractivity (Wildman–Crippen MR) is 105 cm³/mol. The summed E-state index contributed by atoms with van der Waals surface area (Å²) >= 11 is 0. The molecule has 0 radical (unpaired) electrons. The second kappa shape index (κ2) is 8.12. The summed E-state index contributed by atoms with van der Waals surface area (Å²) in [4.78, 5) is 25.0. The van der Waals surface area contributed by atoms with Gasteiger partial charge in [0.1, 0.15) is 6.04 Å². The Morgan fingerprint density at radius 1 is 1.07 bits per heavy atom. The molecule has 1 aliphatic heterocycles. The van der Waals surface area contributed by atoms with E-state index < -0.39 is 34.0 Å². The van der Waals surface area contributed by atoms with Crippen molar-refractivity contribution in [3.8, 4) is 0 Å². The van der Waals surface area contributed by atoms with Gasteiger partial charge in [-0.25, -0.2) is 8.42 Å². The summed E-state index contributed by atoms with van der Waals surface area (Å²) in [5.74, 6) is -1.22. The van der Waals surface area contributed by atoms with Crippen molar-refractivity contribution in [2.45, 2.75) is 32.0 Å². The van der Waals surface area contributed by atoms with Gasteiger partial charge in [0.2, 0.25) is 10.0 Å². The minimum atomic E-state index is -3.64. The number of hydrogen-bond acceptors (Lipinski definition) is 5. The zero-order chi connectivity index (χ0) is 20.3. The van der Waals surface area contributed by atoms with E-state index in [4.69, 9.17) is 4.74 Å². The summed E-state index contributed by atoms with van der Waals surface area (Å²) in [6.45, 7) is 1.55. The van der Waals surface area contributed by atoms with Gasteiger partial charge in [0.15, 0.2) is 6.10 Å². The third kappa shape index (κ3) is 4.58. The lowest BCUT2D eigenvalue weighted by molar-refractivity contribution is -0.157. The number of hydrogen-bond donors (Lipinski definition) is 1. The second-order valence-corrected chi connectivity index (χ2v) is 8.67. The molecule has 0 saturated carbocycles. The maximum Gasteiger partial charge on any atom is 0.325 e. The van der Waals surface area contributed by atoms with Crippen LogP contribution in [0.25, 0.3) is 0 Å². The van der Waals surface area contributed by atoms with Crippen LogP contribution < -0.4 is 5.32 Å². The van der Waals surface area contributed by atoms with Gasteiger partial charge in [0.25, 0.3) is 5.91 Å². The first kappa shape index (κ1) is 20.0. The van der Waals surface area contributed by atoms with Gasteiger partial charge in [0, 0.05) is 18.7 Å². The molecule has 0 aromatic heterocycles. The molecule has 1 aliphatic rings. The Bertz CT molecular complexity index is 975. The molecule has 1 heterocycles.